The molecule has 7 nitrogen and oxygen atoms in total. The van der Waals surface area contributed by atoms with Crippen LogP contribution in [0.3, 0.4) is 0 Å². The van der Waals surface area contributed by atoms with E-state index in [9.17, 15) is 4.79 Å². The Hall–Kier alpha value is -2.41. The van der Waals surface area contributed by atoms with Crippen molar-refractivity contribution in [3.63, 3.8) is 0 Å². The molecule has 7 heteroatoms. The number of aromatic nitrogens is 3. The van der Waals surface area contributed by atoms with E-state index in [4.69, 9.17) is 9.47 Å². The Morgan fingerprint density at radius 3 is 2.56 bits per heavy atom. The number of likely N-dealkylation sites (tertiary alicyclic amines) is 1. The van der Waals surface area contributed by atoms with Crippen molar-refractivity contribution >= 4 is 5.91 Å². The highest BCUT2D eigenvalue weighted by Crippen LogP contribution is 2.24. The fourth-order valence-electron chi connectivity index (χ4n) is 3.23. The average molecular weight is 344 g/mol. The first kappa shape index (κ1) is 17.4. The van der Waals surface area contributed by atoms with Gasteiger partial charge in [0.2, 0.25) is 5.91 Å². The lowest BCUT2D eigenvalue weighted by Gasteiger charge is -2.33. The lowest BCUT2D eigenvalue weighted by Crippen LogP contribution is -2.40. The summed E-state index contributed by atoms with van der Waals surface area (Å²) in [5.41, 5.74) is 1.01. The number of hydrogen-bond acceptors (Lipinski definition) is 5. The quantitative estimate of drug-likeness (QED) is 0.800. The summed E-state index contributed by atoms with van der Waals surface area (Å²) < 4.78 is 12.4. The highest BCUT2D eigenvalue weighted by Gasteiger charge is 2.25. The third-order valence-electron chi connectivity index (χ3n) is 4.65. The van der Waals surface area contributed by atoms with E-state index in [-0.39, 0.29) is 5.91 Å². The van der Waals surface area contributed by atoms with Gasteiger partial charge in [-0.3, -0.25) is 4.79 Å². The van der Waals surface area contributed by atoms with Crippen molar-refractivity contribution in [2.75, 3.05) is 27.3 Å². The smallest absolute Gasteiger partial charge is 0.226 e. The highest BCUT2D eigenvalue weighted by molar-refractivity contribution is 5.78. The largest absolute Gasteiger partial charge is 0.497 e. The van der Waals surface area contributed by atoms with Crippen LogP contribution < -0.4 is 4.74 Å². The molecule has 0 bridgehead atoms. The maximum absolute atomic E-state index is 12.5. The van der Waals surface area contributed by atoms with Gasteiger partial charge in [-0.2, -0.15) is 0 Å². The van der Waals surface area contributed by atoms with Crippen LogP contribution in [0.5, 0.6) is 5.75 Å². The molecule has 134 valence electrons. The van der Waals surface area contributed by atoms with Gasteiger partial charge in [0, 0.05) is 26.2 Å². The summed E-state index contributed by atoms with van der Waals surface area (Å²) in [6.45, 7) is 1.96. The van der Waals surface area contributed by atoms with Crippen molar-refractivity contribution in [3.05, 3.63) is 42.0 Å². The normalized spacial score (nSPS) is 15.4. The van der Waals surface area contributed by atoms with Gasteiger partial charge in [0.15, 0.2) is 5.82 Å². The van der Waals surface area contributed by atoms with E-state index in [1.54, 1.807) is 20.5 Å². The van der Waals surface area contributed by atoms with Crippen LogP contribution in [0.1, 0.15) is 30.3 Å². The first-order valence-electron chi connectivity index (χ1n) is 8.49. The zero-order chi connectivity index (χ0) is 17.6. The summed E-state index contributed by atoms with van der Waals surface area (Å²) >= 11 is 0. The molecule has 2 heterocycles. The first-order valence-corrected chi connectivity index (χ1v) is 8.49. The second-order valence-electron chi connectivity index (χ2n) is 6.22. The summed E-state index contributed by atoms with van der Waals surface area (Å²) in [7, 11) is 3.29. The van der Waals surface area contributed by atoms with Crippen LogP contribution in [0.15, 0.2) is 30.6 Å². The second kappa shape index (κ2) is 8.11. The topological polar surface area (TPSA) is 69.5 Å². The van der Waals surface area contributed by atoms with Gasteiger partial charge >= 0.3 is 0 Å². The number of methoxy groups -OCH3 is 2. The van der Waals surface area contributed by atoms with Gasteiger partial charge in [0.25, 0.3) is 0 Å². The maximum Gasteiger partial charge on any atom is 0.226 e. The molecule has 0 atom stereocenters. The highest BCUT2D eigenvalue weighted by atomic mass is 16.5. The molecule has 0 N–H and O–H groups in total. The summed E-state index contributed by atoms with van der Waals surface area (Å²) in [4.78, 5) is 14.5. The lowest BCUT2D eigenvalue weighted by molar-refractivity contribution is -0.131. The van der Waals surface area contributed by atoms with Gasteiger partial charge < -0.3 is 18.9 Å². The molecule has 1 saturated heterocycles. The number of carbonyl (C=O) groups is 1. The monoisotopic (exact) mass is 344 g/mol. The summed E-state index contributed by atoms with van der Waals surface area (Å²) in [6.07, 6.45) is 4.00. The van der Waals surface area contributed by atoms with Crippen LogP contribution in [0.2, 0.25) is 0 Å². The zero-order valence-electron chi connectivity index (χ0n) is 14.7. The minimum Gasteiger partial charge on any atom is -0.497 e. The number of nitrogens with zero attached hydrogens (tertiary/aromatic N) is 4. The van der Waals surface area contributed by atoms with Gasteiger partial charge in [-0.25, -0.2) is 0 Å². The van der Waals surface area contributed by atoms with Crippen molar-refractivity contribution in [2.24, 2.45) is 0 Å². The van der Waals surface area contributed by atoms with Crippen molar-refractivity contribution in [2.45, 2.75) is 31.9 Å². The molecule has 25 heavy (non-hydrogen) atoms. The van der Waals surface area contributed by atoms with E-state index >= 15 is 0 Å². The van der Waals surface area contributed by atoms with E-state index in [2.05, 4.69) is 14.8 Å². The SMILES string of the molecule is COCc1nncn1C1CCN(C(=O)Cc2ccc(OC)cc2)CC1. The van der Waals surface area contributed by atoms with Crippen molar-refractivity contribution < 1.29 is 14.3 Å². The molecule has 0 saturated carbocycles. The Bertz CT molecular complexity index is 691. The maximum atomic E-state index is 12.5. The van der Waals surface area contributed by atoms with E-state index < -0.39 is 0 Å². The molecule has 0 radical (unpaired) electrons. The summed E-state index contributed by atoms with van der Waals surface area (Å²) in [6, 6.07) is 7.98. The lowest BCUT2D eigenvalue weighted by atomic mass is 10.0. The van der Waals surface area contributed by atoms with Crippen LogP contribution in [-0.4, -0.2) is 52.9 Å². The molecule has 1 aromatic heterocycles. The number of hydrogen-bond donors (Lipinski definition) is 0. The number of piperidine rings is 1. The summed E-state index contributed by atoms with van der Waals surface area (Å²) in [5.74, 6) is 1.81. The van der Waals surface area contributed by atoms with Gasteiger partial charge in [-0.05, 0) is 30.5 Å². The summed E-state index contributed by atoms with van der Waals surface area (Å²) in [5, 5.41) is 8.08. The van der Waals surface area contributed by atoms with Gasteiger partial charge in [0.05, 0.1) is 13.5 Å². The second-order valence-corrected chi connectivity index (χ2v) is 6.22. The Balaban J connectivity index is 1.54. The fourth-order valence-corrected chi connectivity index (χ4v) is 3.23. The van der Waals surface area contributed by atoms with Gasteiger partial charge in [-0.1, -0.05) is 12.1 Å². The number of rotatable bonds is 6. The molecule has 0 unspecified atom stereocenters. The molecule has 2 aromatic rings. The molecule has 3 rings (SSSR count). The van der Waals surface area contributed by atoms with Gasteiger partial charge in [0.1, 0.15) is 18.7 Å². The molecule has 1 aliphatic heterocycles. The molecular formula is C18H24N4O3. The van der Waals surface area contributed by atoms with E-state index in [1.165, 1.54) is 0 Å². The molecular weight excluding hydrogens is 320 g/mol. The molecule has 1 aliphatic rings. The van der Waals surface area contributed by atoms with Crippen molar-refractivity contribution in [1.29, 1.82) is 0 Å². The Kier molecular flexibility index (Phi) is 5.65. The van der Waals surface area contributed by atoms with Crippen LogP contribution in [0.25, 0.3) is 0 Å². The third kappa shape index (κ3) is 4.17. The van der Waals surface area contributed by atoms with Crippen LogP contribution in [0.4, 0.5) is 0 Å². The van der Waals surface area contributed by atoms with Crippen LogP contribution in [-0.2, 0) is 22.6 Å². The average Bonchev–Trinajstić information content (AvgIpc) is 3.11. The predicted octanol–water partition coefficient (Wildman–Crippen LogP) is 1.84. The van der Waals surface area contributed by atoms with Crippen LogP contribution >= 0.6 is 0 Å². The first-order chi connectivity index (χ1) is 12.2. The minimum absolute atomic E-state index is 0.171. The molecule has 1 amide bonds. The van der Waals surface area contributed by atoms with Crippen LogP contribution in [0, 0.1) is 0 Å². The van der Waals surface area contributed by atoms with E-state index in [1.807, 2.05) is 29.2 Å². The standard InChI is InChI=1S/C18H24N4O3/c1-24-12-17-20-19-13-22(17)15-7-9-21(10-8-15)18(23)11-14-3-5-16(25-2)6-4-14/h3-6,13,15H,7-12H2,1-2H3. The number of carbonyl (C=O) groups excluding carboxylic acids is 1. The molecule has 0 aliphatic carbocycles. The number of amides is 1. The van der Waals surface area contributed by atoms with Gasteiger partial charge in [-0.15, -0.1) is 10.2 Å². The zero-order valence-corrected chi connectivity index (χ0v) is 14.7. The molecule has 0 spiro atoms. The Morgan fingerprint density at radius 1 is 1.20 bits per heavy atom. The molecule has 1 fully saturated rings. The Morgan fingerprint density at radius 2 is 1.92 bits per heavy atom. The van der Waals surface area contributed by atoms with E-state index in [0.29, 0.717) is 19.1 Å². The Labute approximate surface area is 147 Å². The van der Waals surface area contributed by atoms with Crippen molar-refractivity contribution in [1.82, 2.24) is 19.7 Å². The predicted molar refractivity (Wildman–Crippen MR) is 92.3 cm³/mol. The number of benzene rings is 1. The fraction of sp³-hybridized carbons (Fsp3) is 0.500. The van der Waals surface area contributed by atoms with E-state index in [0.717, 1.165) is 43.1 Å². The molecule has 1 aromatic carbocycles. The third-order valence-corrected chi connectivity index (χ3v) is 4.65. The minimum atomic E-state index is 0.171. The van der Waals surface area contributed by atoms with Crippen molar-refractivity contribution in [3.8, 4) is 5.75 Å². The number of ether oxygens (including phenoxy) is 2.